The Morgan fingerprint density at radius 2 is 1.54 bits per heavy atom. The first-order valence-corrected chi connectivity index (χ1v) is 13.2. The number of likely N-dealkylation sites (N-methyl/N-ethyl adjacent to an activating group) is 1. The average molecular weight is 543 g/mol. The minimum Gasteiger partial charge on any atom is -0.493 e. The van der Waals surface area contributed by atoms with Crippen molar-refractivity contribution in [3.8, 4) is 23.0 Å². The van der Waals surface area contributed by atoms with Crippen molar-refractivity contribution in [1.82, 2.24) is 9.80 Å². The minimum atomic E-state index is -0.455. The maximum Gasteiger partial charge on any atom is 0.415 e. The number of ether oxygens (including phenoxy) is 6. The summed E-state index contributed by atoms with van der Waals surface area (Å²) in [4.78, 5) is 29.1. The molecule has 212 valence electrons. The van der Waals surface area contributed by atoms with Gasteiger partial charge in [0.1, 0.15) is 0 Å². The summed E-state index contributed by atoms with van der Waals surface area (Å²) < 4.78 is 32.7. The Balaban J connectivity index is 1.37. The zero-order chi connectivity index (χ0) is 27.8. The molecular formula is C29H38N2O8. The van der Waals surface area contributed by atoms with Crippen molar-refractivity contribution in [3.05, 3.63) is 47.5 Å². The Morgan fingerprint density at radius 1 is 0.923 bits per heavy atom. The maximum atomic E-state index is 12.7. The van der Waals surface area contributed by atoms with Gasteiger partial charge in [0.15, 0.2) is 23.0 Å². The molecule has 4 rings (SSSR count). The number of cyclic esters (lactones) is 1. The van der Waals surface area contributed by atoms with Crippen LogP contribution >= 0.6 is 0 Å². The van der Waals surface area contributed by atoms with E-state index < -0.39 is 6.09 Å². The molecule has 39 heavy (non-hydrogen) atoms. The molecule has 2 aliphatic rings. The lowest BCUT2D eigenvalue weighted by Gasteiger charge is -2.28. The second kappa shape index (κ2) is 13.5. The van der Waals surface area contributed by atoms with Crippen molar-refractivity contribution < 1.29 is 38.0 Å². The molecule has 0 spiro atoms. The van der Waals surface area contributed by atoms with Gasteiger partial charge in [-0.15, -0.1) is 0 Å². The van der Waals surface area contributed by atoms with Gasteiger partial charge >= 0.3 is 12.1 Å². The molecule has 0 aromatic heterocycles. The van der Waals surface area contributed by atoms with Gasteiger partial charge in [-0.2, -0.15) is 0 Å². The molecule has 2 atom stereocenters. The van der Waals surface area contributed by atoms with Crippen LogP contribution in [0, 0.1) is 11.8 Å². The van der Waals surface area contributed by atoms with Gasteiger partial charge in [-0.3, -0.25) is 9.69 Å². The van der Waals surface area contributed by atoms with Crippen molar-refractivity contribution >= 4 is 12.1 Å². The molecule has 10 heteroatoms. The number of morpholine rings is 1. The number of rotatable bonds is 11. The Labute approximate surface area is 229 Å². The van der Waals surface area contributed by atoms with Crippen LogP contribution in [0.15, 0.2) is 36.4 Å². The first-order chi connectivity index (χ1) is 18.9. The molecule has 2 saturated heterocycles. The second-order valence-corrected chi connectivity index (χ2v) is 9.82. The van der Waals surface area contributed by atoms with E-state index in [2.05, 4.69) is 4.90 Å². The van der Waals surface area contributed by atoms with Crippen LogP contribution in [0.4, 0.5) is 4.79 Å². The number of hydrogen-bond donors (Lipinski definition) is 0. The summed E-state index contributed by atoms with van der Waals surface area (Å²) in [7, 11) is 6.45. The topological polar surface area (TPSA) is 96.0 Å². The maximum absolute atomic E-state index is 12.7. The molecule has 0 saturated carbocycles. The third-order valence-corrected chi connectivity index (χ3v) is 7.31. The van der Waals surface area contributed by atoms with E-state index in [1.54, 1.807) is 32.2 Å². The summed E-state index contributed by atoms with van der Waals surface area (Å²) in [5.41, 5.74) is 1.94. The molecule has 0 bridgehead atoms. The number of amides is 1. The number of benzene rings is 2. The van der Waals surface area contributed by atoms with Crippen molar-refractivity contribution in [1.29, 1.82) is 0 Å². The Kier molecular flexibility index (Phi) is 9.89. The highest BCUT2D eigenvalue weighted by Gasteiger charge is 2.37. The standard InChI is InChI=1S/C29H38N2O8/c1-30(9-10-31-11-13-37-14-12-31)29(33)39-25-8-6-21(18-27(25)36-4)16-23-22(19-38-28(23)32)15-20-5-7-24(34-2)26(17-20)35-3/h5-8,17-18,22-23H,9-16,19H2,1-4H3/t22-,23+/m0/s1. The molecule has 2 aliphatic heterocycles. The lowest BCUT2D eigenvalue weighted by molar-refractivity contribution is -0.141. The van der Waals surface area contributed by atoms with Crippen LogP contribution in [0.5, 0.6) is 23.0 Å². The average Bonchev–Trinajstić information content (AvgIpc) is 3.30. The number of methoxy groups -OCH3 is 3. The second-order valence-electron chi connectivity index (χ2n) is 9.82. The van der Waals surface area contributed by atoms with Gasteiger partial charge in [-0.1, -0.05) is 12.1 Å². The minimum absolute atomic E-state index is 0.0132. The highest BCUT2D eigenvalue weighted by molar-refractivity contribution is 5.75. The first-order valence-electron chi connectivity index (χ1n) is 13.2. The van der Waals surface area contributed by atoms with E-state index in [9.17, 15) is 9.59 Å². The third kappa shape index (κ3) is 7.33. The number of carbonyl (C=O) groups is 2. The van der Waals surface area contributed by atoms with E-state index in [0.29, 0.717) is 62.2 Å². The number of carbonyl (C=O) groups excluding carboxylic acids is 2. The van der Waals surface area contributed by atoms with Crippen molar-refractivity contribution in [2.75, 3.05) is 74.4 Å². The number of nitrogens with zero attached hydrogens (tertiary/aromatic N) is 2. The zero-order valence-corrected chi connectivity index (χ0v) is 23.1. The molecule has 2 aromatic rings. The summed E-state index contributed by atoms with van der Waals surface area (Å²) in [6, 6.07) is 11.2. The fraction of sp³-hybridized carbons (Fsp3) is 0.517. The smallest absolute Gasteiger partial charge is 0.415 e. The summed E-state index contributed by atoms with van der Waals surface area (Å²) in [6.45, 7) is 4.82. The van der Waals surface area contributed by atoms with Gasteiger partial charge in [-0.25, -0.2) is 4.79 Å². The largest absolute Gasteiger partial charge is 0.493 e. The van der Waals surface area contributed by atoms with Crippen LogP contribution in [-0.4, -0.2) is 96.2 Å². The molecule has 2 aromatic carbocycles. The molecular weight excluding hydrogens is 504 g/mol. The van der Waals surface area contributed by atoms with Gasteiger partial charge in [0, 0.05) is 39.1 Å². The third-order valence-electron chi connectivity index (χ3n) is 7.31. The molecule has 2 fully saturated rings. The van der Waals surface area contributed by atoms with Crippen LogP contribution in [-0.2, 0) is 27.1 Å². The molecule has 0 N–H and O–H groups in total. The summed E-state index contributed by atoms with van der Waals surface area (Å²) >= 11 is 0. The van der Waals surface area contributed by atoms with E-state index in [1.807, 2.05) is 30.3 Å². The van der Waals surface area contributed by atoms with Crippen LogP contribution in [0.3, 0.4) is 0 Å². The number of esters is 1. The predicted molar refractivity (Wildman–Crippen MR) is 144 cm³/mol. The fourth-order valence-electron chi connectivity index (χ4n) is 4.92. The predicted octanol–water partition coefficient (Wildman–Crippen LogP) is 3.05. The molecule has 0 unspecified atom stereocenters. The zero-order valence-electron chi connectivity index (χ0n) is 23.1. The van der Waals surface area contributed by atoms with Crippen LogP contribution < -0.4 is 18.9 Å². The fourth-order valence-corrected chi connectivity index (χ4v) is 4.92. The van der Waals surface area contributed by atoms with E-state index in [-0.39, 0.29) is 17.8 Å². The van der Waals surface area contributed by atoms with Gasteiger partial charge in [-0.05, 0) is 48.2 Å². The van der Waals surface area contributed by atoms with Gasteiger partial charge in [0.05, 0.1) is 47.1 Å². The highest BCUT2D eigenvalue weighted by Crippen LogP contribution is 2.35. The lowest BCUT2D eigenvalue weighted by Crippen LogP contribution is -2.42. The summed E-state index contributed by atoms with van der Waals surface area (Å²) in [5.74, 6) is 1.58. The van der Waals surface area contributed by atoms with Gasteiger partial charge < -0.3 is 33.3 Å². The van der Waals surface area contributed by atoms with Crippen LogP contribution in [0.2, 0.25) is 0 Å². The van der Waals surface area contributed by atoms with Crippen molar-refractivity contribution in [2.45, 2.75) is 12.8 Å². The molecule has 0 radical (unpaired) electrons. The Morgan fingerprint density at radius 3 is 2.21 bits per heavy atom. The van der Waals surface area contributed by atoms with Crippen LogP contribution in [0.25, 0.3) is 0 Å². The monoisotopic (exact) mass is 542 g/mol. The molecule has 0 aliphatic carbocycles. The summed E-state index contributed by atoms with van der Waals surface area (Å²) in [6.07, 6.45) is 0.699. The summed E-state index contributed by atoms with van der Waals surface area (Å²) in [5, 5.41) is 0. The quantitative estimate of drug-likeness (QED) is 0.397. The van der Waals surface area contributed by atoms with E-state index in [0.717, 1.165) is 30.8 Å². The van der Waals surface area contributed by atoms with Gasteiger partial charge in [0.2, 0.25) is 0 Å². The lowest BCUT2D eigenvalue weighted by atomic mass is 9.85. The SMILES string of the molecule is COc1ccc(C[C@H]2COC(=O)[C@@H]2Cc2ccc(OC(=O)N(C)CCN3CCOCC3)c(OC)c2)cc1OC. The van der Waals surface area contributed by atoms with E-state index in [4.69, 9.17) is 28.4 Å². The highest BCUT2D eigenvalue weighted by atomic mass is 16.6. The van der Waals surface area contributed by atoms with E-state index in [1.165, 1.54) is 7.11 Å². The van der Waals surface area contributed by atoms with E-state index >= 15 is 0 Å². The van der Waals surface area contributed by atoms with Crippen molar-refractivity contribution in [3.63, 3.8) is 0 Å². The first kappa shape index (κ1) is 28.5. The molecule has 1 amide bonds. The molecule has 2 heterocycles. The Bertz CT molecular complexity index is 1130. The molecule has 10 nitrogen and oxygen atoms in total. The normalized spacial score (nSPS) is 19.3. The Hall–Kier alpha value is -3.50. The van der Waals surface area contributed by atoms with Crippen molar-refractivity contribution in [2.24, 2.45) is 11.8 Å². The van der Waals surface area contributed by atoms with Crippen LogP contribution in [0.1, 0.15) is 11.1 Å². The van der Waals surface area contributed by atoms with Gasteiger partial charge in [0.25, 0.3) is 0 Å². The number of hydrogen-bond acceptors (Lipinski definition) is 9.